The molecule has 1 heterocycles. The molecule has 2 N–H and O–H groups in total. The predicted octanol–water partition coefficient (Wildman–Crippen LogP) is 3.07. The molecule has 1 aromatic heterocycles. The Morgan fingerprint density at radius 3 is 2.57 bits per heavy atom. The van der Waals surface area contributed by atoms with E-state index in [2.05, 4.69) is 20.6 Å². The second kappa shape index (κ2) is 6.64. The van der Waals surface area contributed by atoms with Gasteiger partial charge in [0.2, 0.25) is 0 Å². The number of carbonyl (C=O) groups excluding carboxylic acids is 1. The third-order valence-electron chi connectivity index (χ3n) is 2.90. The van der Waals surface area contributed by atoms with Crippen LogP contribution in [0, 0.1) is 6.92 Å². The number of rotatable bonds is 4. The molecule has 6 nitrogen and oxygen atoms in total. The molecule has 0 unspecified atom stereocenters. The van der Waals surface area contributed by atoms with Crippen molar-refractivity contribution in [1.82, 2.24) is 15.3 Å². The van der Waals surface area contributed by atoms with Gasteiger partial charge in [-0.1, -0.05) is 6.07 Å². The van der Waals surface area contributed by atoms with Crippen LogP contribution >= 0.6 is 0 Å². The lowest BCUT2D eigenvalue weighted by molar-refractivity contribution is 0.0914. The average molecular weight is 314 g/mol. The Labute approximate surface area is 136 Å². The Morgan fingerprint density at radius 2 is 1.91 bits per heavy atom. The molecule has 1 aromatic carbocycles. The lowest BCUT2D eigenvalue weighted by Gasteiger charge is -2.20. The van der Waals surface area contributed by atoms with E-state index in [1.165, 1.54) is 0 Å². The lowest BCUT2D eigenvalue weighted by Crippen LogP contribution is -2.41. The molecule has 0 saturated carbocycles. The molecule has 2 rings (SSSR count). The van der Waals surface area contributed by atoms with Gasteiger partial charge in [-0.05, 0) is 39.8 Å². The first-order chi connectivity index (χ1) is 10.8. The summed E-state index contributed by atoms with van der Waals surface area (Å²) in [7, 11) is 1.61. The lowest BCUT2D eigenvalue weighted by atomic mass is 10.1. The molecule has 0 spiro atoms. The van der Waals surface area contributed by atoms with Crippen LogP contribution in [0.15, 0.2) is 30.3 Å². The second-order valence-electron chi connectivity index (χ2n) is 6.25. The fraction of sp³-hybridized carbons (Fsp3) is 0.353. The van der Waals surface area contributed by atoms with Crippen LogP contribution in [0.3, 0.4) is 0 Å². The zero-order valence-corrected chi connectivity index (χ0v) is 14.1. The fourth-order valence-corrected chi connectivity index (χ4v) is 2.00. The van der Waals surface area contributed by atoms with Gasteiger partial charge >= 0.3 is 0 Å². The van der Waals surface area contributed by atoms with Gasteiger partial charge in [0.25, 0.3) is 5.91 Å². The first-order valence-corrected chi connectivity index (χ1v) is 7.36. The highest BCUT2D eigenvalue weighted by Crippen LogP contribution is 2.20. The van der Waals surface area contributed by atoms with Gasteiger partial charge in [0.15, 0.2) is 0 Å². The number of nitrogens with zero attached hydrogens (tertiary/aromatic N) is 2. The molecule has 6 heteroatoms. The van der Waals surface area contributed by atoms with Gasteiger partial charge in [-0.15, -0.1) is 0 Å². The van der Waals surface area contributed by atoms with E-state index in [0.29, 0.717) is 17.3 Å². The first-order valence-electron chi connectivity index (χ1n) is 7.36. The molecule has 0 fully saturated rings. The highest BCUT2D eigenvalue weighted by atomic mass is 16.5. The second-order valence-corrected chi connectivity index (χ2v) is 6.25. The SMILES string of the molecule is COc1cccc(Nc2cc(C(=O)NC(C)(C)C)nc(C)n2)c1. The van der Waals surface area contributed by atoms with Crippen LogP contribution in [0.1, 0.15) is 37.1 Å². The number of amides is 1. The number of aromatic nitrogens is 2. The number of nitrogens with one attached hydrogen (secondary N) is 2. The first kappa shape index (κ1) is 16.7. The number of anilines is 2. The van der Waals surface area contributed by atoms with Gasteiger partial charge in [-0.25, -0.2) is 9.97 Å². The van der Waals surface area contributed by atoms with Gasteiger partial charge in [-0.3, -0.25) is 4.79 Å². The van der Waals surface area contributed by atoms with Crippen molar-refractivity contribution in [2.45, 2.75) is 33.2 Å². The Morgan fingerprint density at radius 1 is 1.17 bits per heavy atom. The molecule has 0 aliphatic heterocycles. The largest absolute Gasteiger partial charge is 0.497 e. The Bertz CT molecular complexity index is 708. The van der Waals surface area contributed by atoms with Gasteiger partial charge < -0.3 is 15.4 Å². The van der Waals surface area contributed by atoms with Gasteiger partial charge in [0.1, 0.15) is 23.1 Å². The summed E-state index contributed by atoms with van der Waals surface area (Å²) in [5, 5.41) is 6.06. The summed E-state index contributed by atoms with van der Waals surface area (Å²) in [6.45, 7) is 7.53. The van der Waals surface area contributed by atoms with Crippen molar-refractivity contribution < 1.29 is 9.53 Å². The molecule has 2 aromatic rings. The smallest absolute Gasteiger partial charge is 0.270 e. The summed E-state index contributed by atoms with van der Waals surface area (Å²) in [6.07, 6.45) is 0. The minimum absolute atomic E-state index is 0.225. The van der Waals surface area contributed by atoms with E-state index in [1.807, 2.05) is 45.0 Å². The molecule has 0 aliphatic rings. The molecule has 0 saturated heterocycles. The maximum Gasteiger partial charge on any atom is 0.270 e. The van der Waals surface area contributed by atoms with Crippen LogP contribution in [0.5, 0.6) is 5.75 Å². The molecule has 0 atom stereocenters. The van der Waals surface area contributed by atoms with E-state index in [4.69, 9.17) is 4.74 Å². The predicted molar refractivity (Wildman–Crippen MR) is 90.3 cm³/mol. The van der Waals surface area contributed by atoms with Crippen LogP contribution in [0.25, 0.3) is 0 Å². The quantitative estimate of drug-likeness (QED) is 0.907. The van der Waals surface area contributed by atoms with Crippen molar-refractivity contribution in [3.63, 3.8) is 0 Å². The minimum atomic E-state index is -0.323. The van der Waals surface area contributed by atoms with Gasteiger partial charge in [-0.2, -0.15) is 0 Å². The number of benzene rings is 1. The number of hydrogen-bond donors (Lipinski definition) is 2. The van der Waals surface area contributed by atoms with Crippen molar-refractivity contribution >= 4 is 17.4 Å². The van der Waals surface area contributed by atoms with E-state index < -0.39 is 0 Å². The molecular formula is C17H22N4O2. The number of hydrogen-bond acceptors (Lipinski definition) is 5. The highest BCUT2D eigenvalue weighted by molar-refractivity contribution is 5.93. The van der Waals surface area contributed by atoms with Crippen molar-refractivity contribution in [3.05, 3.63) is 41.9 Å². The maximum atomic E-state index is 12.3. The van der Waals surface area contributed by atoms with Crippen LogP contribution in [0.4, 0.5) is 11.5 Å². The summed E-state index contributed by atoms with van der Waals surface area (Å²) in [5.74, 6) is 1.60. The van der Waals surface area contributed by atoms with Gasteiger partial charge in [0, 0.05) is 23.4 Å². The zero-order valence-electron chi connectivity index (χ0n) is 14.1. The summed E-state index contributed by atoms with van der Waals surface area (Å²) in [4.78, 5) is 20.8. The third kappa shape index (κ3) is 4.95. The summed E-state index contributed by atoms with van der Waals surface area (Å²) in [6, 6.07) is 9.12. The van der Waals surface area contributed by atoms with E-state index in [0.717, 1.165) is 11.4 Å². The summed E-state index contributed by atoms with van der Waals surface area (Å²) in [5.41, 5.74) is 0.832. The monoisotopic (exact) mass is 314 g/mol. The third-order valence-corrected chi connectivity index (χ3v) is 2.90. The Hall–Kier alpha value is -2.63. The Balaban J connectivity index is 2.24. The summed E-state index contributed by atoms with van der Waals surface area (Å²) >= 11 is 0. The zero-order chi connectivity index (χ0) is 17.0. The van der Waals surface area contributed by atoms with Crippen molar-refractivity contribution in [3.8, 4) is 5.75 Å². The average Bonchev–Trinajstić information content (AvgIpc) is 2.45. The van der Waals surface area contributed by atoms with Gasteiger partial charge in [0.05, 0.1) is 7.11 Å². The van der Waals surface area contributed by atoms with E-state index in [1.54, 1.807) is 20.1 Å². The minimum Gasteiger partial charge on any atom is -0.497 e. The number of aryl methyl sites for hydroxylation is 1. The molecule has 1 amide bonds. The van der Waals surface area contributed by atoms with E-state index >= 15 is 0 Å². The Kier molecular flexibility index (Phi) is 4.83. The highest BCUT2D eigenvalue weighted by Gasteiger charge is 2.17. The van der Waals surface area contributed by atoms with Crippen molar-refractivity contribution in [1.29, 1.82) is 0 Å². The van der Waals surface area contributed by atoms with E-state index in [9.17, 15) is 4.79 Å². The molecule has 122 valence electrons. The molecule has 0 radical (unpaired) electrons. The number of ether oxygens (including phenoxy) is 1. The molecular weight excluding hydrogens is 292 g/mol. The van der Waals surface area contributed by atoms with E-state index in [-0.39, 0.29) is 11.4 Å². The van der Waals surface area contributed by atoms with Crippen LogP contribution in [0.2, 0.25) is 0 Å². The number of methoxy groups -OCH3 is 1. The maximum absolute atomic E-state index is 12.3. The fourth-order valence-electron chi connectivity index (χ4n) is 2.00. The number of carbonyl (C=O) groups is 1. The summed E-state index contributed by atoms with van der Waals surface area (Å²) < 4.78 is 5.20. The van der Waals surface area contributed by atoms with Crippen LogP contribution in [-0.4, -0.2) is 28.5 Å². The standard InChI is InChI=1S/C17H22N4O2/c1-11-18-14(16(22)21-17(2,3)4)10-15(19-11)20-12-7-6-8-13(9-12)23-5/h6-10H,1-5H3,(H,21,22)(H,18,19,20). The topological polar surface area (TPSA) is 76.1 Å². The van der Waals surface area contributed by atoms with Crippen LogP contribution in [-0.2, 0) is 0 Å². The molecule has 0 aliphatic carbocycles. The normalized spacial score (nSPS) is 11.0. The molecule has 23 heavy (non-hydrogen) atoms. The van der Waals surface area contributed by atoms with Crippen molar-refractivity contribution in [2.24, 2.45) is 0 Å². The van der Waals surface area contributed by atoms with Crippen LogP contribution < -0.4 is 15.4 Å². The van der Waals surface area contributed by atoms with Crippen molar-refractivity contribution in [2.75, 3.05) is 12.4 Å². The molecule has 0 bridgehead atoms.